The van der Waals surface area contributed by atoms with Gasteiger partial charge in [-0.2, -0.15) is 62.2 Å². The smallest absolute Gasteiger partial charge is 0.266 e. The molecule has 0 saturated heterocycles. The lowest BCUT2D eigenvalue weighted by Gasteiger charge is -2.38. The summed E-state index contributed by atoms with van der Waals surface area (Å²) >= 11 is 0. The second-order valence-electron chi connectivity index (χ2n) is 5.62. The van der Waals surface area contributed by atoms with E-state index >= 15 is 0 Å². The van der Waals surface area contributed by atoms with Crippen molar-refractivity contribution in [3.05, 3.63) is 35.6 Å². The van der Waals surface area contributed by atoms with Gasteiger partial charge in [-0.1, -0.05) is 12.1 Å². The molecule has 0 aliphatic carbocycles. The highest BCUT2D eigenvalue weighted by Crippen LogP contribution is 2.60. The molecule has 0 aromatic heterocycles. The highest BCUT2D eigenvalue weighted by atomic mass is 19.4. The molecule has 1 aromatic carbocycles. The van der Waals surface area contributed by atoms with Crippen molar-refractivity contribution >= 4 is 12.1 Å². The lowest BCUT2D eigenvalue weighted by atomic mass is 9.93. The Hall–Kier alpha value is -2.62. The summed E-state index contributed by atoms with van der Waals surface area (Å²) in [5.41, 5.74) is 0.308. The molecular formula is C14H6F14N2O. The van der Waals surface area contributed by atoms with Gasteiger partial charge in [-0.05, 0) is 17.7 Å². The minimum atomic E-state index is -8.11. The molecule has 3 nitrogen and oxygen atoms in total. The molecule has 0 unspecified atom stereocenters. The highest BCUT2D eigenvalue weighted by molar-refractivity contribution is 5.87. The zero-order valence-corrected chi connectivity index (χ0v) is 14.0. The minimum absolute atomic E-state index is 0.196. The van der Waals surface area contributed by atoms with Gasteiger partial charge in [0.1, 0.15) is 5.82 Å². The van der Waals surface area contributed by atoms with E-state index in [-0.39, 0.29) is 5.56 Å². The van der Waals surface area contributed by atoms with Crippen LogP contribution in [0.2, 0.25) is 0 Å². The van der Waals surface area contributed by atoms with Crippen molar-refractivity contribution in [1.29, 1.82) is 0 Å². The normalized spacial score (nSPS) is 14.8. The number of halogens is 14. The van der Waals surface area contributed by atoms with E-state index in [1.807, 2.05) is 0 Å². The van der Waals surface area contributed by atoms with E-state index in [1.165, 1.54) is 0 Å². The summed E-state index contributed by atoms with van der Waals surface area (Å²) in [5, 5.41) is 2.56. The molecule has 1 aromatic rings. The predicted molar refractivity (Wildman–Crippen MR) is 72.9 cm³/mol. The maximum atomic E-state index is 13.5. The van der Waals surface area contributed by atoms with Crippen LogP contribution in [0.15, 0.2) is 29.4 Å². The SMILES string of the molecule is O=C(N/N=C\c1ccc(F)cc1)C(F)(F)C(F)(F)C(F)(F)C(F)(F)C(F)(F)C(F)(F)F. The third-order valence-electron chi connectivity index (χ3n) is 3.47. The van der Waals surface area contributed by atoms with Crippen LogP contribution in [-0.2, 0) is 4.79 Å². The van der Waals surface area contributed by atoms with E-state index < -0.39 is 47.5 Å². The van der Waals surface area contributed by atoms with Gasteiger partial charge in [0, 0.05) is 0 Å². The maximum Gasteiger partial charge on any atom is 0.460 e. The van der Waals surface area contributed by atoms with Crippen LogP contribution in [0, 0.1) is 5.82 Å². The molecule has 176 valence electrons. The van der Waals surface area contributed by atoms with E-state index in [4.69, 9.17) is 0 Å². The fourth-order valence-electron chi connectivity index (χ4n) is 1.70. The fraction of sp³-hybridized carbons (Fsp3) is 0.429. The first kappa shape index (κ1) is 26.4. The molecule has 1 N–H and O–H groups in total. The Morgan fingerprint density at radius 2 is 1.13 bits per heavy atom. The molecule has 0 aliphatic rings. The van der Waals surface area contributed by atoms with Crippen molar-refractivity contribution in [3.63, 3.8) is 0 Å². The highest BCUT2D eigenvalue weighted by Gasteiger charge is 2.91. The Morgan fingerprint density at radius 3 is 1.55 bits per heavy atom. The topological polar surface area (TPSA) is 41.5 Å². The second kappa shape index (κ2) is 7.81. The first-order valence-corrected chi connectivity index (χ1v) is 7.19. The Labute approximate surface area is 161 Å². The Bertz CT molecular complexity index is 828. The van der Waals surface area contributed by atoms with E-state index in [0.717, 1.165) is 24.3 Å². The lowest BCUT2D eigenvalue weighted by molar-refractivity contribution is -0.436. The molecular weight excluding hydrogens is 478 g/mol. The number of hydrogen-bond acceptors (Lipinski definition) is 2. The van der Waals surface area contributed by atoms with Crippen molar-refractivity contribution in [1.82, 2.24) is 5.43 Å². The molecule has 0 radical (unpaired) electrons. The predicted octanol–water partition coefficient (Wildman–Crippen LogP) is 5.01. The first-order chi connectivity index (χ1) is 13.6. The minimum Gasteiger partial charge on any atom is -0.266 e. The summed E-state index contributed by atoms with van der Waals surface area (Å²) in [6.07, 6.45) is -7.19. The van der Waals surface area contributed by atoms with Gasteiger partial charge < -0.3 is 0 Å². The number of nitrogens with zero attached hydrogens (tertiary/aromatic N) is 1. The molecule has 0 atom stereocenters. The van der Waals surface area contributed by atoms with Crippen LogP contribution in [0.4, 0.5) is 61.5 Å². The Kier molecular flexibility index (Phi) is 6.66. The molecule has 0 fully saturated rings. The number of carbonyl (C=O) groups excluding carboxylic acids is 1. The van der Waals surface area contributed by atoms with Crippen LogP contribution < -0.4 is 5.43 Å². The molecule has 1 rings (SSSR count). The first-order valence-electron chi connectivity index (χ1n) is 7.19. The fourth-order valence-corrected chi connectivity index (χ4v) is 1.70. The van der Waals surface area contributed by atoms with Crippen LogP contribution in [0.1, 0.15) is 5.56 Å². The summed E-state index contributed by atoms with van der Waals surface area (Å²) in [6.45, 7) is 0. The van der Waals surface area contributed by atoms with Crippen LogP contribution in [-0.4, -0.2) is 47.9 Å². The van der Waals surface area contributed by atoms with Crippen molar-refractivity contribution in [2.24, 2.45) is 5.10 Å². The number of nitrogens with one attached hydrogen (secondary N) is 1. The third kappa shape index (κ3) is 4.26. The van der Waals surface area contributed by atoms with Gasteiger partial charge >= 0.3 is 41.7 Å². The van der Waals surface area contributed by atoms with E-state index in [2.05, 4.69) is 5.10 Å². The van der Waals surface area contributed by atoms with Crippen molar-refractivity contribution in [3.8, 4) is 0 Å². The van der Waals surface area contributed by atoms with Gasteiger partial charge in [0.05, 0.1) is 6.21 Å². The Balaban J connectivity index is 3.23. The molecule has 0 aliphatic heterocycles. The number of alkyl halides is 13. The number of amides is 1. The molecule has 0 bridgehead atoms. The van der Waals surface area contributed by atoms with Crippen LogP contribution in [0.5, 0.6) is 0 Å². The summed E-state index contributed by atoms with van der Waals surface area (Å²) in [7, 11) is 0. The van der Waals surface area contributed by atoms with E-state index in [9.17, 15) is 66.3 Å². The lowest BCUT2D eigenvalue weighted by Crippen LogP contribution is -2.71. The van der Waals surface area contributed by atoms with Gasteiger partial charge in [0.15, 0.2) is 0 Å². The second-order valence-corrected chi connectivity index (χ2v) is 5.62. The van der Waals surface area contributed by atoms with Crippen molar-refractivity contribution in [2.45, 2.75) is 35.8 Å². The quantitative estimate of drug-likeness (QED) is 0.330. The molecule has 0 saturated carbocycles. The van der Waals surface area contributed by atoms with Gasteiger partial charge in [-0.25, -0.2) is 9.82 Å². The average Bonchev–Trinajstić information content (AvgIpc) is 2.61. The molecule has 31 heavy (non-hydrogen) atoms. The summed E-state index contributed by atoms with van der Waals surface area (Å²) in [5.74, 6) is -43.2. The number of hydrogen-bond donors (Lipinski definition) is 1. The molecule has 0 spiro atoms. The number of benzene rings is 1. The molecule has 1 amide bonds. The number of hydrazone groups is 1. The largest absolute Gasteiger partial charge is 0.460 e. The summed E-state index contributed by atoms with van der Waals surface area (Å²) < 4.78 is 180. The standard InChI is InChI=1S/C14H6F14N2O/c15-7-3-1-6(2-4-7)5-29-30-8(31)9(16,17)10(18,19)11(20,21)12(22,23)13(24,25)14(26,27)28/h1-5H,(H,30,31)/b29-5-. The monoisotopic (exact) mass is 484 g/mol. The summed E-state index contributed by atoms with van der Waals surface area (Å²) in [4.78, 5) is 11.1. The maximum absolute atomic E-state index is 13.5. The molecule has 17 heteroatoms. The van der Waals surface area contributed by atoms with Crippen LogP contribution >= 0.6 is 0 Å². The average molecular weight is 484 g/mol. The number of rotatable bonds is 7. The van der Waals surface area contributed by atoms with Gasteiger partial charge in [-0.15, -0.1) is 0 Å². The summed E-state index contributed by atoms with van der Waals surface area (Å²) in [6, 6.07) is 3.28. The van der Waals surface area contributed by atoms with E-state index in [1.54, 1.807) is 0 Å². The Morgan fingerprint density at radius 1 is 0.710 bits per heavy atom. The van der Waals surface area contributed by atoms with Gasteiger partial charge in [-0.3, -0.25) is 4.79 Å². The van der Waals surface area contributed by atoms with Gasteiger partial charge in [0.25, 0.3) is 0 Å². The van der Waals surface area contributed by atoms with Gasteiger partial charge in [0.2, 0.25) is 0 Å². The third-order valence-corrected chi connectivity index (χ3v) is 3.47. The van der Waals surface area contributed by atoms with Crippen LogP contribution in [0.25, 0.3) is 0 Å². The van der Waals surface area contributed by atoms with Crippen molar-refractivity contribution < 1.29 is 66.3 Å². The zero-order valence-electron chi connectivity index (χ0n) is 14.0. The zero-order chi connectivity index (χ0) is 24.7. The van der Waals surface area contributed by atoms with E-state index in [0.29, 0.717) is 11.6 Å². The molecule has 0 heterocycles. The number of carbonyl (C=O) groups is 1. The van der Waals surface area contributed by atoms with Crippen LogP contribution in [0.3, 0.4) is 0 Å². The van der Waals surface area contributed by atoms with Crippen molar-refractivity contribution in [2.75, 3.05) is 0 Å².